The number of aliphatic hydroxyl groups excluding tert-OH is 1. The van der Waals surface area contributed by atoms with Gasteiger partial charge in [0.1, 0.15) is 0 Å². The summed E-state index contributed by atoms with van der Waals surface area (Å²) in [5.41, 5.74) is 1.16. The molecule has 1 heterocycles. The van der Waals surface area contributed by atoms with Crippen molar-refractivity contribution in [1.82, 2.24) is 15.1 Å². The molecule has 0 saturated carbocycles. The van der Waals surface area contributed by atoms with Crippen LogP contribution in [-0.4, -0.2) is 33.1 Å². The average Bonchev–Trinajstić information content (AvgIpc) is 2.89. The van der Waals surface area contributed by atoms with Crippen LogP contribution in [0.1, 0.15) is 32.3 Å². The molecule has 0 bridgehead atoms. The molecule has 0 spiro atoms. The Kier molecular flexibility index (Phi) is 5.39. The summed E-state index contributed by atoms with van der Waals surface area (Å²) in [6.07, 6.45) is 3.44. The summed E-state index contributed by atoms with van der Waals surface area (Å²) in [5, 5.41) is 19.5. The van der Waals surface area contributed by atoms with E-state index in [0.717, 1.165) is 17.7 Å². The number of benzene rings is 1. The minimum atomic E-state index is -0.630. The number of carbonyl (C=O) groups excluding carboxylic acids is 1. The van der Waals surface area contributed by atoms with E-state index in [1.54, 1.807) is 4.68 Å². The molecule has 2 amide bonds. The van der Waals surface area contributed by atoms with Crippen LogP contribution in [0.3, 0.4) is 0 Å². The Morgan fingerprint density at radius 1 is 1.35 bits per heavy atom. The summed E-state index contributed by atoms with van der Waals surface area (Å²) in [5.74, 6) is 0.503. The Morgan fingerprint density at radius 2 is 2.04 bits per heavy atom. The van der Waals surface area contributed by atoms with E-state index in [1.165, 1.54) is 0 Å². The third-order valence-electron chi connectivity index (χ3n) is 3.72. The second-order valence-corrected chi connectivity index (χ2v) is 5.99. The van der Waals surface area contributed by atoms with Crippen LogP contribution in [0.2, 0.25) is 0 Å². The fraction of sp³-hybridized carbons (Fsp3) is 0.412. The molecule has 1 atom stereocenters. The van der Waals surface area contributed by atoms with Crippen molar-refractivity contribution < 1.29 is 9.90 Å². The van der Waals surface area contributed by atoms with Crippen LogP contribution in [0.5, 0.6) is 0 Å². The number of carbonyl (C=O) groups is 1. The molecule has 2 aromatic rings. The Bertz CT molecular complexity index is 654. The van der Waals surface area contributed by atoms with E-state index in [0.29, 0.717) is 12.2 Å². The summed E-state index contributed by atoms with van der Waals surface area (Å²) in [7, 11) is 0. The van der Waals surface area contributed by atoms with Gasteiger partial charge in [-0.3, -0.25) is 5.32 Å². The topological polar surface area (TPSA) is 79.2 Å². The lowest BCUT2D eigenvalue weighted by Crippen LogP contribution is -2.50. The number of nitrogens with zero attached hydrogens (tertiary/aromatic N) is 2. The fourth-order valence-corrected chi connectivity index (χ4v) is 2.44. The maximum atomic E-state index is 12.2. The number of hydrogen-bond acceptors (Lipinski definition) is 3. The molecule has 1 aromatic carbocycles. The van der Waals surface area contributed by atoms with Gasteiger partial charge in [-0.1, -0.05) is 31.5 Å². The molecule has 6 heteroatoms. The molecule has 124 valence electrons. The van der Waals surface area contributed by atoms with Gasteiger partial charge in [-0.15, -0.1) is 5.10 Å². The van der Waals surface area contributed by atoms with Crippen molar-refractivity contribution in [2.24, 2.45) is 0 Å². The van der Waals surface area contributed by atoms with Crippen molar-refractivity contribution in [2.75, 3.05) is 11.9 Å². The van der Waals surface area contributed by atoms with E-state index in [-0.39, 0.29) is 12.6 Å². The fourth-order valence-electron chi connectivity index (χ4n) is 2.44. The standard InChI is InChI=1S/C17H24N4O2/c1-4-10-17(3,12-22)19-16(23)18-15-13(2)11-21(20-15)14-8-6-5-7-9-14/h5-9,11,22H,4,10,12H2,1-3H3,(H2,18,19,20,23). The molecule has 2 rings (SSSR count). The first-order chi connectivity index (χ1) is 11.0. The highest BCUT2D eigenvalue weighted by atomic mass is 16.3. The molecule has 23 heavy (non-hydrogen) atoms. The largest absolute Gasteiger partial charge is 0.394 e. The van der Waals surface area contributed by atoms with Gasteiger partial charge in [0, 0.05) is 11.8 Å². The zero-order chi connectivity index (χ0) is 16.9. The molecule has 0 aliphatic rings. The number of aliphatic hydroxyl groups is 1. The predicted octanol–water partition coefficient (Wildman–Crippen LogP) is 2.85. The minimum absolute atomic E-state index is 0.105. The molecule has 1 aromatic heterocycles. The summed E-state index contributed by atoms with van der Waals surface area (Å²) >= 11 is 0. The van der Waals surface area contributed by atoms with Crippen LogP contribution >= 0.6 is 0 Å². The van der Waals surface area contributed by atoms with Gasteiger partial charge in [0.05, 0.1) is 17.8 Å². The number of aromatic nitrogens is 2. The van der Waals surface area contributed by atoms with Gasteiger partial charge in [-0.25, -0.2) is 9.48 Å². The summed E-state index contributed by atoms with van der Waals surface area (Å²) in [6.45, 7) is 5.62. The molecule has 0 radical (unpaired) electrons. The smallest absolute Gasteiger partial charge is 0.320 e. The molecule has 0 fully saturated rings. The number of aryl methyl sites for hydroxylation is 1. The van der Waals surface area contributed by atoms with Gasteiger partial charge in [-0.05, 0) is 32.4 Å². The van der Waals surface area contributed by atoms with E-state index in [4.69, 9.17) is 0 Å². The highest BCUT2D eigenvalue weighted by Gasteiger charge is 2.25. The lowest BCUT2D eigenvalue weighted by molar-refractivity contribution is 0.167. The van der Waals surface area contributed by atoms with E-state index >= 15 is 0 Å². The molecule has 0 aliphatic heterocycles. The van der Waals surface area contributed by atoms with Gasteiger partial charge in [0.25, 0.3) is 0 Å². The van der Waals surface area contributed by atoms with Gasteiger partial charge in [-0.2, -0.15) is 0 Å². The molecule has 0 saturated heterocycles. The number of amides is 2. The van der Waals surface area contributed by atoms with E-state index in [1.807, 2.05) is 57.3 Å². The van der Waals surface area contributed by atoms with Gasteiger partial charge < -0.3 is 10.4 Å². The molecular weight excluding hydrogens is 292 g/mol. The number of hydrogen-bond donors (Lipinski definition) is 3. The molecule has 1 unspecified atom stereocenters. The maximum Gasteiger partial charge on any atom is 0.320 e. The highest BCUT2D eigenvalue weighted by molar-refractivity contribution is 5.89. The van der Waals surface area contributed by atoms with E-state index in [9.17, 15) is 9.90 Å². The average molecular weight is 316 g/mol. The Balaban J connectivity index is 2.09. The zero-order valence-corrected chi connectivity index (χ0v) is 13.8. The summed E-state index contributed by atoms with van der Waals surface area (Å²) < 4.78 is 1.72. The molecule has 3 N–H and O–H groups in total. The summed E-state index contributed by atoms with van der Waals surface area (Å²) in [4.78, 5) is 12.2. The SMILES string of the molecule is CCCC(C)(CO)NC(=O)Nc1nn(-c2ccccc2)cc1C. The second kappa shape index (κ2) is 7.28. The van der Waals surface area contributed by atoms with Crippen LogP contribution < -0.4 is 10.6 Å². The lowest BCUT2D eigenvalue weighted by Gasteiger charge is -2.28. The normalized spacial score (nSPS) is 13.4. The second-order valence-electron chi connectivity index (χ2n) is 5.99. The predicted molar refractivity (Wildman–Crippen MR) is 90.9 cm³/mol. The van der Waals surface area contributed by atoms with Crippen molar-refractivity contribution in [3.8, 4) is 5.69 Å². The van der Waals surface area contributed by atoms with Crippen LogP contribution in [0.4, 0.5) is 10.6 Å². The maximum absolute atomic E-state index is 12.2. The molecule has 0 aliphatic carbocycles. The minimum Gasteiger partial charge on any atom is -0.394 e. The first kappa shape index (κ1) is 17.0. The van der Waals surface area contributed by atoms with E-state index < -0.39 is 5.54 Å². The van der Waals surface area contributed by atoms with E-state index in [2.05, 4.69) is 15.7 Å². The third kappa shape index (κ3) is 4.32. The van der Waals surface area contributed by atoms with Crippen molar-refractivity contribution in [2.45, 2.75) is 39.2 Å². The van der Waals surface area contributed by atoms with Crippen molar-refractivity contribution in [3.05, 3.63) is 42.1 Å². The zero-order valence-electron chi connectivity index (χ0n) is 13.8. The molecular formula is C17H24N4O2. The first-order valence-corrected chi connectivity index (χ1v) is 7.79. The van der Waals surface area contributed by atoms with Gasteiger partial charge in [0.15, 0.2) is 5.82 Å². The van der Waals surface area contributed by atoms with Crippen LogP contribution in [0.25, 0.3) is 5.69 Å². The lowest BCUT2D eigenvalue weighted by atomic mass is 9.98. The molecule has 6 nitrogen and oxygen atoms in total. The van der Waals surface area contributed by atoms with Crippen LogP contribution in [0.15, 0.2) is 36.5 Å². The Morgan fingerprint density at radius 3 is 2.65 bits per heavy atom. The number of anilines is 1. The van der Waals surface area contributed by atoms with Crippen LogP contribution in [0, 0.1) is 6.92 Å². The van der Waals surface area contributed by atoms with Crippen molar-refractivity contribution >= 4 is 11.8 Å². The quantitative estimate of drug-likeness (QED) is 0.766. The van der Waals surface area contributed by atoms with Crippen molar-refractivity contribution in [1.29, 1.82) is 0 Å². The summed E-state index contributed by atoms with van der Waals surface area (Å²) in [6, 6.07) is 9.33. The number of para-hydroxylation sites is 1. The number of rotatable bonds is 6. The highest BCUT2D eigenvalue weighted by Crippen LogP contribution is 2.16. The first-order valence-electron chi connectivity index (χ1n) is 7.79. The van der Waals surface area contributed by atoms with Gasteiger partial charge in [0.2, 0.25) is 0 Å². The van der Waals surface area contributed by atoms with Gasteiger partial charge >= 0.3 is 6.03 Å². The number of urea groups is 1. The monoisotopic (exact) mass is 316 g/mol. The van der Waals surface area contributed by atoms with Crippen LogP contribution in [-0.2, 0) is 0 Å². The Labute approximate surface area is 136 Å². The Hall–Kier alpha value is -2.34. The number of nitrogens with one attached hydrogen (secondary N) is 2. The third-order valence-corrected chi connectivity index (χ3v) is 3.72. The van der Waals surface area contributed by atoms with Crippen molar-refractivity contribution in [3.63, 3.8) is 0 Å².